The number of nitrogens with zero attached hydrogens (tertiary/aromatic N) is 4. The van der Waals surface area contributed by atoms with Crippen molar-refractivity contribution in [2.24, 2.45) is 0 Å². The molecule has 0 aliphatic carbocycles. The highest BCUT2D eigenvalue weighted by molar-refractivity contribution is 5.82. The predicted molar refractivity (Wildman–Crippen MR) is 135 cm³/mol. The van der Waals surface area contributed by atoms with Crippen LogP contribution in [0.2, 0.25) is 0 Å². The Labute approximate surface area is 203 Å². The van der Waals surface area contributed by atoms with Crippen LogP contribution in [0.3, 0.4) is 0 Å². The Bertz CT molecular complexity index is 1150. The molecule has 6 nitrogen and oxygen atoms in total. The van der Waals surface area contributed by atoms with E-state index in [1.165, 1.54) is 22.4 Å². The molecule has 0 bridgehead atoms. The predicted octanol–water partition coefficient (Wildman–Crippen LogP) is 4.01. The van der Waals surface area contributed by atoms with Gasteiger partial charge < -0.3 is 5.32 Å². The van der Waals surface area contributed by atoms with E-state index in [4.69, 9.17) is 4.98 Å². The van der Waals surface area contributed by atoms with Gasteiger partial charge in [-0.2, -0.15) is 0 Å². The minimum absolute atomic E-state index is 0.0749. The molecule has 0 unspecified atom stereocenters. The second-order valence-electron chi connectivity index (χ2n) is 10.7. The molecule has 1 aromatic carbocycles. The Balaban J connectivity index is 1.45. The van der Waals surface area contributed by atoms with E-state index in [2.05, 4.69) is 89.2 Å². The molecular formula is C28H38N5O+. The van der Waals surface area contributed by atoms with Gasteiger partial charge in [-0.3, -0.25) is 14.7 Å². The summed E-state index contributed by atoms with van der Waals surface area (Å²) in [4.78, 5) is 20.0. The number of benzene rings is 1. The van der Waals surface area contributed by atoms with Gasteiger partial charge in [0.1, 0.15) is 24.6 Å². The van der Waals surface area contributed by atoms with E-state index in [0.717, 1.165) is 30.8 Å². The molecule has 34 heavy (non-hydrogen) atoms. The lowest BCUT2D eigenvalue weighted by atomic mass is 10.1. The standard InChI is InChI=1S/C28H37N5O/c1-20-15-21(2)26(22(3)16-20)33-14-13-31(19-33)17-23-9-7-10-24(29-23)18-32-12-8-11-25(32)27(34)30-28(4,5)6/h7,9-10,13-16,19,25H,8,11-12,17-18H2,1-6H3/p+1/t25-/m0/s1. The first kappa shape index (κ1) is 24.1. The van der Waals surface area contributed by atoms with Crippen LogP contribution in [0.4, 0.5) is 0 Å². The Hall–Kier alpha value is -2.99. The summed E-state index contributed by atoms with van der Waals surface area (Å²) in [6, 6.07) is 10.6. The average Bonchev–Trinajstić information content (AvgIpc) is 3.36. The Morgan fingerprint density at radius 2 is 1.85 bits per heavy atom. The largest absolute Gasteiger partial charge is 0.350 e. The monoisotopic (exact) mass is 460 g/mol. The zero-order chi connectivity index (χ0) is 24.5. The van der Waals surface area contributed by atoms with Gasteiger partial charge in [-0.25, -0.2) is 9.13 Å². The summed E-state index contributed by atoms with van der Waals surface area (Å²) in [5.74, 6) is 0.125. The number of aromatic nitrogens is 3. The Morgan fingerprint density at radius 1 is 1.15 bits per heavy atom. The van der Waals surface area contributed by atoms with E-state index in [1.54, 1.807) is 0 Å². The first-order valence-corrected chi connectivity index (χ1v) is 12.3. The number of amides is 1. The Kier molecular flexibility index (Phi) is 6.89. The second kappa shape index (κ2) is 9.71. The van der Waals surface area contributed by atoms with E-state index >= 15 is 0 Å². The number of hydrogen-bond acceptors (Lipinski definition) is 3. The SMILES string of the molecule is Cc1cc(C)c(-n2cc[n+](Cc3cccc(CN4CCC[C@H]4C(=O)NC(C)(C)C)n3)c2)c(C)c1. The number of pyridine rings is 1. The minimum Gasteiger partial charge on any atom is -0.350 e. The highest BCUT2D eigenvalue weighted by atomic mass is 16.2. The molecule has 0 saturated carbocycles. The fraction of sp³-hybridized carbons (Fsp3) is 0.464. The van der Waals surface area contributed by atoms with Crippen molar-refractivity contribution in [3.05, 3.63) is 77.1 Å². The van der Waals surface area contributed by atoms with Crippen molar-refractivity contribution in [3.63, 3.8) is 0 Å². The maximum Gasteiger partial charge on any atom is 0.249 e. The van der Waals surface area contributed by atoms with Gasteiger partial charge in [0.05, 0.1) is 17.4 Å². The van der Waals surface area contributed by atoms with Crippen molar-refractivity contribution in [2.45, 2.75) is 79.1 Å². The van der Waals surface area contributed by atoms with Crippen molar-refractivity contribution in [1.29, 1.82) is 0 Å². The zero-order valence-corrected chi connectivity index (χ0v) is 21.4. The molecule has 2 aromatic heterocycles. The van der Waals surface area contributed by atoms with Crippen molar-refractivity contribution in [3.8, 4) is 5.69 Å². The molecule has 1 fully saturated rings. The van der Waals surface area contributed by atoms with Crippen molar-refractivity contribution < 1.29 is 9.36 Å². The third-order valence-corrected chi connectivity index (χ3v) is 6.32. The van der Waals surface area contributed by atoms with Crippen LogP contribution in [0, 0.1) is 20.8 Å². The van der Waals surface area contributed by atoms with Crippen LogP contribution in [0.25, 0.3) is 5.69 Å². The zero-order valence-electron chi connectivity index (χ0n) is 21.4. The van der Waals surface area contributed by atoms with E-state index < -0.39 is 0 Å². The summed E-state index contributed by atoms with van der Waals surface area (Å²) in [6.45, 7) is 14.9. The summed E-state index contributed by atoms with van der Waals surface area (Å²) < 4.78 is 4.36. The second-order valence-corrected chi connectivity index (χ2v) is 10.7. The first-order chi connectivity index (χ1) is 16.1. The van der Waals surface area contributed by atoms with Crippen molar-refractivity contribution >= 4 is 5.91 Å². The maximum atomic E-state index is 12.8. The Morgan fingerprint density at radius 3 is 2.56 bits per heavy atom. The molecule has 1 atom stereocenters. The fourth-order valence-electron chi connectivity index (χ4n) is 5.07. The van der Waals surface area contributed by atoms with E-state index in [0.29, 0.717) is 13.1 Å². The minimum atomic E-state index is -0.215. The van der Waals surface area contributed by atoms with Gasteiger partial charge in [-0.1, -0.05) is 23.8 Å². The molecule has 1 saturated heterocycles. The number of carbonyl (C=O) groups is 1. The van der Waals surface area contributed by atoms with Crippen LogP contribution in [-0.2, 0) is 17.9 Å². The number of aryl methyl sites for hydroxylation is 3. The average molecular weight is 461 g/mol. The summed E-state index contributed by atoms with van der Waals surface area (Å²) >= 11 is 0. The molecule has 3 aromatic rings. The van der Waals surface area contributed by atoms with Crippen LogP contribution in [0.5, 0.6) is 0 Å². The van der Waals surface area contributed by atoms with Crippen LogP contribution in [0.15, 0.2) is 49.1 Å². The van der Waals surface area contributed by atoms with E-state index in [9.17, 15) is 4.79 Å². The van der Waals surface area contributed by atoms with E-state index in [1.807, 2.05) is 20.8 Å². The van der Waals surface area contributed by atoms with Crippen molar-refractivity contribution in [1.82, 2.24) is 19.8 Å². The first-order valence-electron chi connectivity index (χ1n) is 12.3. The van der Waals surface area contributed by atoms with Crippen LogP contribution in [-0.4, -0.2) is 38.5 Å². The van der Waals surface area contributed by atoms with Gasteiger partial charge in [0, 0.05) is 12.1 Å². The molecule has 1 aliphatic rings. The molecule has 0 radical (unpaired) electrons. The molecule has 4 rings (SSSR count). The fourth-order valence-corrected chi connectivity index (χ4v) is 5.07. The van der Waals surface area contributed by atoms with E-state index in [-0.39, 0.29) is 17.5 Å². The lowest BCUT2D eigenvalue weighted by Gasteiger charge is -2.28. The van der Waals surface area contributed by atoms with Gasteiger partial charge in [0.2, 0.25) is 12.2 Å². The van der Waals surface area contributed by atoms with Crippen molar-refractivity contribution in [2.75, 3.05) is 6.54 Å². The van der Waals surface area contributed by atoms with Gasteiger partial charge in [-0.05, 0) is 84.2 Å². The normalized spacial score (nSPS) is 16.7. The third-order valence-electron chi connectivity index (χ3n) is 6.32. The van der Waals surface area contributed by atoms with Crippen LogP contribution < -0.4 is 9.88 Å². The maximum absolute atomic E-state index is 12.8. The number of imidazole rings is 1. The number of carbonyl (C=O) groups excluding carboxylic acids is 1. The third kappa shape index (κ3) is 5.73. The molecule has 1 N–H and O–H groups in total. The highest BCUT2D eigenvalue weighted by Gasteiger charge is 2.32. The highest BCUT2D eigenvalue weighted by Crippen LogP contribution is 2.22. The van der Waals surface area contributed by atoms with Gasteiger partial charge in [0.25, 0.3) is 0 Å². The summed E-state index contributed by atoms with van der Waals surface area (Å²) in [5.41, 5.74) is 6.89. The molecule has 3 heterocycles. The number of hydrogen-bond donors (Lipinski definition) is 1. The summed E-state index contributed by atoms with van der Waals surface area (Å²) in [5, 5.41) is 3.14. The molecule has 1 aliphatic heterocycles. The smallest absolute Gasteiger partial charge is 0.249 e. The molecular weight excluding hydrogens is 422 g/mol. The number of nitrogens with one attached hydrogen (secondary N) is 1. The summed E-state index contributed by atoms with van der Waals surface area (Å²) in [7, 11) is 0. The molecule has 1 amide bonds. The summed E-state index contributed by atoms with van der Waals surface area (Å²) in [6.07, 6.45) is 8.29. The number of rotatable bonds is 6. The van der Waals surface area contributed by atoms with Gasteiger partial charge >= 0.3 is 0 Å². The number of likely N-dealkylation sites (tertiary alicyclic amines) is 1. The molecule has 180 valence electrons. The molecule has 6 heteroatoms. The van der Waals surface area contributed by atoms with Gasteiger partial charge in [-0.15, -0.1) is 0 Å². The van der Waals surface area contributed by atoms with Gasteiger partial charge in [0.15, 0.2) is 0 Å². The molecule has 0 spiro atoms. The quantitative estimate of drug-likeness (QED) is 0.566. The topological polar surface area (TPSA) is 54.0 Å². The van der Waals surface area contributed by atoms with Crippen LogP contribution >= 0.6 is 0 Å². The lowest BCUT2D eigenvalue weighted by Crippen LogP contribution is -2.49. The lowest BCUT2D eigenvalue weighted by molar-refractivity contribution is -0.688. The van der Waals surface area contributed by atoms with Crippen LogP contribution in [0.1, 0.15) is 61.7 Å².